The first kappa shape index (κ1) is 25.5. The van der Waals surface area contributed by atoms with Crippen LogP contribution in [-0.2, 0) is 17.9 Å². The molecule has 0 amide bonds. The molecule has 0 radical (unpaired) electrons. The number of ether oxygens (including phenoxy) is 4. The quantitative estimate of drug-likeness (QED) is 0.256. The minimum absolute atomic E-state index is 0.0506. The molecule has 1 heterocycles. The monoisotopic (exact) mass is 518 g/mol. The first-order valence-electron chi connectivity index (χ1n) is 11.3. The number of nitrogens with zero attached hydrogens (tertiary/aromatic N) is 4. The molecule has 188 valence electrons. The number of hydrogen-bond acceptors (Lipinski definition) is 8. The van der Waals surface area contributed by atoms with E-state index < -0.39 is 5.97 Å². The maximum Gasteiger partial charge on any atom is 0.364 e. The molecule has 0 saturated carbocycles. The highest BCUT2D eigenvalue weighted by molar-refractivity contribution is 6.32. The van der Waals surface area contributed by atoms with Crippen LogP contribution in [0.1, 0.15) is 34.1 Å². The lowest BCUT2D eigenvalue weighted by atomic mass is 10.2. The molecule has 9 nitrogen and oxygen atoms in total. The summed E-state index contributed by atoms with van der Waals surface area (Å²) in [4.78, 5) is 12.5. The van der Waals surface area contributed by atoms with Gasteiger partial charge in [-0.05, 0) is 54.4 Å². The average Bonchev–Trinajstić information content (AvgIpc) is 3.31. The Kier molecular flexibility index (Phi) is 8.23. The molecule has 37 heavy (non-hydrogen) atoms. The van der Waals surface area contributed by atoms with Gasteiger partial charge in [-0.2, -0.15) is 5.26 Å². The summed E-state index contributed by atoms with van der Waals surface area (Å²) in [5.41, 5.74) is 2.28. The van der Waals surface area contributed by atoms with E-state index in [-0.39, 0.29) is 24.8 Å². The minimum atomic E-state index is -0.648. The Labute approximate surface area is 218 Å². The lowest BCUT2D eigenvalue weighted by Gasteiger charge is -2.13. The van der Waals surface area contributed by atoms with Gasteiger partial charge in [-0.1, -0.05) is 41.1 Å². The average molecular weight is 519 g/mol. The number of carbonyl (C=O) groups is 1. The van der Waals surface area contributed by atoms with Crippen LogP contribution in [0.2, 0.25) is 5.02 Å². The van der Waals surface area contributed by atoms with Crippen LogP contribution in [0.25, 0.3) is 0 Å². The third kappa shape index (κ3) is 6.37. The maximum atomic E-state index is 12.5. The van der Waals surface area contributed by atoms with Gasteiger partial charge in [0, 0.05) is 6.07 Å². The molecule has 1 aromatic heterocycles. The molecule has 0 saturated heterocycles. The summed E-state index contributed by atoms with van der Waals surface area (Å²) in [6.07, 6.45) is 0. The van der Waals surface area contributed by atoms with E-state index in [0.717, 1.165) is 16.9 Å². The Morgan fingerprint density at radius 1 is 1.03 bits per heavy atom. The molecule has 3 aromatic carbocycles. The molecular formula is C27H23ClN4O5. The van der Waals surface area contributed by atoms with E-state index in [9.17, 15) is 4.79 Å². The van der Waals surface area contributed by atoms with Crippen molar-refractivity contribution in [1.82, 2.24) is 15.0 Å². The minimum Gasteiger partial charge on any atom is -0.497 e. The number of nitriles is 1. The summed E-state index contributed by atoms with van der Waals surface area (Å²) < 4.78 is 23.8. The predicted molar refractivity (Wildman–Crippen MR) is 135 cm³/mol. The number of halogens is 1. The summed E-state index contributed by atoms with van der Waals surface area (Å²) in [6, 6.07) is 21.4. The predicted octanol–water partition coefficient (Wildman–Crippen LogP) is 5.41. The van der Waals surface area contributed by atoms with Crippen molar-refractivity contribution in [3.8, 4) is 29.2 Å². The van der Waals surface area contributed by atoms with Crippen LogP contribution in [0, 0.1) is 11.3 Å². The number of hydrogen-bond donors (Lipinski definition) is 0. The summed E-state index contributed by atoms with van der Waals surface area (Å²) in [5.74, 6) is 0.943. The summed E-state index contributed by atoms with van der Waals surface area (Å²) in [7, 11) is 1.60. The lowest BCUT2D eigenvalue weighted by molar-refractivity contribution is 0.0516. The van der Waals surface area contributed by atoms with Gasteiger partial charge < -0.3 is 18.9 Å². The smallest absolute Gasteiger partial charge is 0.364 e. The molecule has 4 aromatic rings. The van der Waals surface area contributed by atoms with Crippen LogP contribution >= 0.6 is 11.6 Å². The second-order valence-electron chi connectivity index (χ2n) is 7.76. The van der Waals surface area contributed by atoms with Gasteiger partial charge >= 0.3 is 5.97 Å². The van der Waals surface area contributed by atoms with Crippen LogP contribution in [-0.4, -0.2) is 34.7 Å². The van der Waals surface area contributed by atoms with Gasteiger partial charge in [-0.15, -0.1) is 5.10 Å². The molecule has 4 rings (SSSR count). The second kappa shape index (κ2) is 11.9. The zero-order valence-corrected chi connectivity index (χ0v) is 20.9. The van der Waals surface area contributed by atoms with E-state index in [1.54, 1.807) is 44.4 Å². The van der Waals surface area contributed by atoms with Gasteiger partial charge in [0.05, 0.1) is 36.9 Å². The van der Waals surface area contributed by atoms with Crippen molar-refractivity contribution in [2.24, 2.45) is 0 Å². The van der Waals surface area contributed by atoms with Gasteiger partial charge in [-0.25, -0.2) is 9.48 Å². The maximum absolute atomic E-state index is 12.5. The normalized spacial score (nSPS) is 10.4. The fourth-order valence-corrected chi connectivity index (χ4v) is 3.52. The molecule has 0 atom stereocenters. The first-order valence-corrected chi connectivity index (χ1v) is 11.7. The third-order valence-electron chi connectivity index (χ3n) is 5.24. The Hall–Kier alpha value is -4.55. The summed E-state index contributed by atoms with van der Waals surface area (Å²) >= 11 is 6.34. The number of aromatic nitrogens is 3. The second-order valence-corrected chi connectivity index (χ2v) is 8.17. The first-order chi connectivity index (χ1) is 18.0. The van der Waals surface area contributed by atoms with Crippen LogP contribution in [0.15, 0.2) is 66.7 Å². The molecule has 10 heteroatoms. The Morgan fingerprint density at radius 2 is 1.73 bits per heavy atom. The molecule has 0 bridgehead atoms. The standard InChI is InChI=1S/C27H23ClN4O5/c1-3-35-27(33)25-26(32(31-30-25)16-19-8-10-21(34-2)11-9-19)37-22-12-13-23(28)24(14-22)36-17-20-6-4-18(15-29)5-7-20/h4-14H,3,16-17H2,1-2H3. The fraction of sp³-hybridized carbons (Fsp3) is 0.185. The highest BCUT2D eigenvalue weighted by Gasteiger charge is 2.24. The molecule has 0 N–H and O–H groups in total. The Bertz CT molecular complexity index is 1410. The van der Waals surface area contributed by atoms with Gasteiger partial charge in [0.1, 0.15) is 23.9 Å². The third-order valence-corrected chi connectivity index (χ3v) is 5.56. The highest BCUT2D eigenvalue weighted by Crippen LogP contribution is 2.33. The number of benzene rings is 3. The van der Waals surface area contributed by atoms with Crippen molar-refractivity contribution in [2.45, 2.75) is 20.1 Å². The van der Waals surface area contributed by atoms with Crippen molar-refractivity contribution in [3.05, 3.63) is 94.1 Å². The van der Waals surface area contributed by atoms with Crippen LogP contribution in [0.4, 0.5) is 0 Å². The zero-order valence-electron chi connectivity index (χ0n) is 20.2. The SMILES string of the molecule is CCOC(=O)c1nnn(Cc2ccc(OC)cc2)c1Oc1ccc(Cl)c(OCc2ccc(C#N)cc2)c1. The van der Waals surface area contributed by atoms with Gasteiger partial charge in [0.25, 0.3) is 5.88 Å². The van der Waals surface area contributed by atoms with Crippen molar-refractivity contribution < 1.29 is 23.7 Å². The fourth-order valence-electron chi connectivity index (χ4n) is 3.35. The van der Waals surface area contributed by atoms with Crippen LogP contribution in [0.5, 0.6) is 23.1 Å². The van der Waals surface area contributed by atoms with Crippen molar-refractivity contribution in [2.75, 3.05) is 13.7 Å². The van der Waals surface area contributed by atoms with E-state index in [1.807, 2.05) is 36.4 Å². The molecule has 0 spiro atoms. The Morgan fingerprint density at radius 3 is 2.41 bits per heavy atom. The van der Waals surface area contributed by atoms with E-state index >= 15 is 0 Å². The summed E-state index contributed by atoms with van der Waals surface area (Å²) in [6.45, 7) is 2.41. The molecule has 0 aliphatic rings. The highest BCUT2D eigenvalue weighted by atomic mass is 35.5. The number of carbonyl (C=O) groups excluding carboxylic acids is 1. The van der Waals surface area contributed by atoms with Gasteiger partial charge in [-0.3, -0.25) is 0 Å². The van der Waals surface area contributed by atoms with Crippen LogP contribution in [0.3, 0.4) is 0 Å². The Balaban J connectivity index is 1.57. The molecule has 0 aliphatic carbocycles. The van der Waals surface area contributed by atoms with Gasteiger partial charge in [0.2, 0.25) is 5.69 Å². The number of methoxy groups -OCH3 is 1. The van der Waals surface area contributed by atoms with Gasteiger partial charge in [0.15, 0.2) is 0 Å². The number of esters is 1. The zero-order chi connectivity index (χ0) is 26.2. The van der Waals surface area contributed by atoms with Crippen molar-refractivity contribution >= 4 is 17.6 Å². The molecule has 0 aliphatic heterocycles. The van der Waals surface area contributed by atoms with Crippen molar-refractivity contribution in [1.29, 1.82) is 5.26 Å². The van der Waals surface area contributed by atoms with E-state index in [2.05, 4.69) is 16.4 Å². The van der Waals surface area contributed by atoms with E-state index in [0.29, 0.717) is 28.6 Å². The number of rotatable bonds is 10. The molecule has 0 fully saturated rings. The molecular weight excluding hydrogens is 496 g/mol. The largest absolute Gasteiger partial charge is 0.497 e. The summed E-state index contributed by atoms with van der Waals surface area (Å²) in [5, 5.41) is 17.5. The van der Waals surface area contributed by atoms with E-state index in [4.69, 9.17) is 35.8 Å². The van der Waals surface area contributed by atoms with Crippen LogP contribution < -0.4 is 14.2 Å². The lowest BCUT2D eigenvalue weighted by Crippen LogP contribution is -2.09. The van der Waals surface area contributed by atoms with Crippen molar-refractivity contribution in [3.63, 3.8) is 0 Å². The topological polar surface area (TPSA) is 108 Å². The van der Waals surface area contributed by atoms with E-state index in [1.165, 1.54) is 4.68 Å². The molecule has 0 unspecified atom stereocenters.